The highest BCUT2D eigenvalue weighted by Crippen LogP contribution is 2.23. The lowest BCUT2D eigenvalue weighted by Crippen LogP contribution is -2.57. The highest BCUT2D eigenvalue weighted by atomic mass is 16.5. The molecule has 0 aliphatic carbocycles. The summed E-state index contributed by atoms with van der Waals surface area (Å²) in [7, 11) is 1.81. The van der Waals surface area contributed by atoms with E-state index in [0.29, 0.717) is 12.1 Å². The summed E-state index contributed by atoms with van der Waals surface area (Å²) < 4.78 is 10.9. The van der Waals surface area contributed by atoms with E-state index in [1.807, 2.05) is 7.11 Å². The van der Waals surface area contributed by atoms with E-state index < -0.39 is 0 Å². The van der Waals surface area contributed by atoms with Gasteiger partial charge in [-0.1, -0.05) is 6.92 Å². The summed E-state index contributed by atoms with van der Waals surface area (Å²) in [5, 5.41) is 3.62. The van der Waals surface area contributed by atoms with Crippen molar-refractivity contribution in [1.29, 1.82) is 0 Å². The zero-order valence-corrected chi connectivity index (χ0v) is 11.9. The summed E-state index contributed by atoms with van der Waals surface area (Å²) in [6.07, 6.45) is 3.68. The molecule has 0 spiro atoms. The molecule has 0 saturated carbocycles. The van der Waals surface area contributed by atoms with E-state index in [1.54, 1.807) is 0 Å². The van der Waals surface area contributed by atoms with Gasteiger partial charge in [0, 0.05) is 32.4 Å². The lowest BCUT2D eigenvalue weighted by Gasteiger charge is -2.43. The number of rotatable bonds is 5. The lowest BCUT2D eigenvalue weighted by atomic mass is 9.93. The summed E-state index contributed by atoms with van der Waals surface area (Å²) >= 11 is 0. The second-order valence-electron chi connectivity index (χ2n) is 5.53. The maximum Gasteiger partial charge on any atom is 0.0637 e. The van der Waals surface area contributed by atoms with Crippen LogP contribution in [0.1, 0.15) is 26.2 Å². The second kappa shape index (κ2) is 7.43. The van der Waals surface area contributed by atoms with Crippen molar-refractivity contribution in [2.24, 2.45) is 5.92 Å². The van der Waals surface area contributed by atoms with Crippen molar-refractivity contribution in [2.45, 2.75) is 38.3 Å². The van der Waals surface area contributed by atoms with Crippen LogP contribution in [0.15, 0.2) is 0 Å². The molecule has 4 nitrogen and oxygen atoms in total. The molecule has 0 aromatic carbocycles. The fourth-order valence-corrected chi connectivity index (χ4v) is 3.27. The van der Waals surface area contributed by atoms with E-state index in [9.17, 15) is 0 Å². The second-order valence-corrected chi connectivity index (χ2v) is 5.53. The van der Waals surface area contributed by atoms with Crippen molar-refractivity contribution < 1.29 is 9.47 Å². The zero-order chi connectivity index (χ0) is 12.8. The van der Waals surface area contributed by atoms with Gasteiger partial charge in [0.15, 0.2) is 0 Å². The van der Waals surface area contributed by atoms with Crippen LogP contribution in [-0.4, -0.2) is 63.5 Å². The standard InChI is InChI=1S/C14H28N2O2/c1-3-15-13-6-9-18-11-14(13)16-7-4-12(5-8-16)10-17-2/h12-15H,3-11H2,1-2H3. The molecule has 0 amide bonds. The Kier molecular flexibility index (Phi) is 5.89. The molecule has 2 saturated heterocycles. The van der Waals surface area contributed by atoms with Crippen LogP contribution in [0.2, 0.25) is 0 Å². The molecular formula is C14H28N2O2. The predicted molar refractivity (Wildman–Crippen MR) is 72.9 cm³/mol. The molecule has 0 bridgehead atoms. The van der Waals surface area contributed by atoms with E-state index in [0.717, 1.165) is 38.7 Å². The maximum atomic E-state index is 5.68. The maximum absolute atomic E-state index is 5.68. The number of piperidine rings is 1. The minimum absolute atomic E-state index is 0.571. The van der Waals surface area contributed by atoms with Gasteiger partial charge in [0.1, 0.15) is 0 Å². The van der Waals surface area contributed by atoms with E-state index in [-0.39, 0.29) is 0 Å². The van der Waals surface area contributed by atoms with E-state index in [4.69, 9.17) is 9.47 Å². The minimum Gasteiger partial charge on any atom is -0.384 e. The van der Waals surface area contributed by atoms with Gasteiger partial charge in [-0.05, 0) is 44.8 Å². The van der Waals surface area contributed by atoms with Crippen LogP contribution in [0.4, 0.5) is 0 Å². The fourth-order valence-electron chi connectivity index (χ4n) is 3.27. The Morgan fingerprint density at radius 1 is 1.28 bits per heavy atom. The lowest BCUT2D eigenvalue weighted by molar-refractivity contribution is -0.0191. The first kappa shape index (κ1) is 14.3. The molecule has 2 heterocycles. The molecule has 2 aliphatic heterocycles. The van der Waals surface area contributed by atoms with E-state index in [1.165, 1.54) is 25.9 Å². The van der Waals surface area contributed by atoms with E-state index in [2.05, 4.69) is 17.1 Å². The van der Waals surface area contributed by atoms with Gasteiger partial charge >= 0.3 is 0 Å². The summed E-state index contributed by atoms with van der Waals surface area (Å²) in [5.74, 6) is 0.758. The Morgan fingerprint density at radius 3 is 2.72 bits per heavy atom. The van der Waals surface area contributed by atoms with Crippen LogP contribution < -0.4 is 5.32 Å². The summed E-state index contributed by atoms with van der Waals surface area (Å²) in [6.45, 7) is 8.37. The SMILES string of the molecule is CCNC1CCOCC1N1CCC(COC)CC1. The third-order valence-corrected chi connectivity index (χ3v) is 4.31. The first-order valence-corrected chi connectivity index (χ1v) is 7.39. The third-order valence-electron chi connectivity index (χ3n) is 4.31. The molecule has 2 aliphatic rings. The first-order valence-electron chi connectivity index (χ1n) is 7.39. The van der Waals surface area contributed by atoms with Crippen molar-refractivity contribution in [1.82, 2.24) is 10.2 Å². The highest BCUT2D eigenvalue weighted by molar-refractivity contribution is 4.89. The fraction of sp³-hybridized carbons (Fsp3) is 1.00. The number of likely N-dealkylation sites (tertiary alicyclic amines) is 1. The molecule has 0 aromatic heterocycles. The average Bonchev–Trinajstić information content (AvgIpc) is 2.41. The summed E-state index contributed by atoms with van der Waals surface area (Å²) in [6, 6.07) is 1.19. The minimum atomic E-state index is 0.571. The smallest absolute Gasteiger partial charge is 0.0637 e. The number of nitrogens with one attached hydrogen (secondary N) is 1. The Hall–Kier alpha value is -0.160. The Balaban J connectivity index is 1.82. The van der Waals surface area contributed by atoms with Gasteiger partial charge in [0.25, 0.3) is 0 Å². The quantitative estimate of drug-likeness (QED) is 0.799. The van der Waals surface area contributed by atoms with Gasteiger partial charge in [-0.25, -0.2) is 0 Å². The van der Waals surface area contributed by atoms with Gasteiger partial charge in [0.05, 0.1) is 6.61 Å². The normalized spacial score (nSPS) is 31.7. The van der Waals surface area contributed by atoms with Crippen molar-refractivity contribution in [3.05, 3.63) is 0 Å². The molecule has 2 atom stereocenters. The predicted octanol–water partition coefficient (Wildman–Crippen LogP) is 1.11. The third kappa shape index (κ3) is 3.67. The molecule has 18 heavy (non-hydrogen) atoms. The first-order chi connectivity index (χ1) is 8.85. The Labute approximate surface area is 111 Å². The average molecular weight is 256 g/mol. The molecule has 0 radical (unpaired) electrons. The van der Waals surface area contributed by atoms with Crippen LogP contribution in [0, 0.1) is 5.92 Å². The molecule has 106 valence electrons. The summed E-state index contributed by atoms with van der Waals surface area (Å²) in [4.78, 5) is 2.62. The van der Waals surface area contributed by atoms with Gasteiger partial charge in [-0.2, -0.15) is 0 Å². The van der Waals surface area contributed by atoms with E-state index >= 15 is 0 Å². The van der Waals surface area contributed by atoms with Crippen LogP contribution in [0.5, 0.6) is 0 Å². The zero-order valence-electron chi connectivity index (χ0n) is 11.9. The van der Waals surface area contributed by atoms with Crippen LogP contribution >= 0.6 is 0 Å². The molecule has 2 fully saturated rings. The molecule has 4 heteroatoms. The number of methoxy groups -OCH3 is 1. The summed E-state index contributed by atoms with van der Waals surface area (Å²) in [5.41, 5.74) is 0. The van der Waals surface area contributed by atoms with Gasteiger partial charge in [-0.3, -0.25) is 4.90 Å². The molecule has 2 rings (SSSR count). The van der Waals surface area contributed by atoms with Crippen LogP contribution in [0.3, 0.4) is 0 Å². The number of hydrogen-bond donors (Lipinski definition) is 1. The number of ether oxygens (including phenoxy) is 2. The van der Waals surface area contributed by atoms with Gasteiger partial charge < -0.3 is 14.8 Å². The molecular weight excluding hydrogens is 228 g/mol. The van der Waals surface area contributed by atoms with Gasteiger partial charge in [-0.15, -0.1) is 0 Å². The Morgan fingerprint density at radius 2 is 2.06 bits per heavy atom. The van der Waals surface area contributed by atoms with Crippen molar-refractivity contribution in [2.75, 3.05) is 46.6 Å². The number of likely N-dealkylation sites (N-methyl/N-ethyl adjacent to an activating group) is 1. The van der Waals surface area contributed by atoms with Crippen LogP contribution in [0.25, 0.3) is 0 Å². The topological polar surface area (TPSA) is 33.7 Å². The molecule has 1 N–H and O–H groups in total. The number of nitrogens with zero attached hydrogens (tertiary/aromatic N) is 1. The van der Waals surface area contributed by atoms with Crippen molar-refractivity contribution in [3.63, 3.8) is 0 Å². The monoisotopic (exact) mass is 256 g/mol. The Bertz CT molecular complexity index is 228. The van der Waals surface area contributed by atoms with Crippen molar-refractivity contribution >= 4 is 0 Å². The van der Waals surface area contributed by atoms with Gasteiger partial charge in [0.2, 0.25) is 0 Å². The van der Waals surface area contributed by atoms with Crippen LogP contribution in [-0.2, 0) is 9.47 Å². The van der Waals surface area contributed by atoms with Crippen molar-refractivity contribution in [3.8, 4) is 0 Å². The number of hydrogen-bond acceptors (Lipinski definition) is 4. The largest absolute Gasteiger partial charge is 0.384 e. The highest BCUT2D eigenvalue weighted by Gasteiger charge is 2.32. The molecule has 2 unspecified atom stereocenters. The molecule has 0 aromatic rings.